The number of benzene rings is 3. The summed E-state index contributed by atoms with van der Waals surface area (Å²) in [4.78, 5) is 11.2. The van der Waals surface area contributed by atoms with E-state index < -0.39 is 5.97 Å². The quantitative estimate of drug-likeness (QED) is 0.725. The molecule has 120 valence electrons. The van der Waals surface area contributed by atoms with E-state index >= 15 is 0 Å². The van der Waals surface area contributed by atoms with Gasteiger partial charge in [0.15, 0.2) is 0 Å². The smallest absolute Gasteiger partial charge is 0.307 e. The molecule has 3 aromatic rings. The van der Waals surface area contributed by atoms with Gasteiger partial charge in [0.05, 0.1) is 6.42 Å². The van der Waals surface area contributed by atoms with Gasteiger partial charge in [0, 0.05) is 5.56 Å². The summed E-state index contributed by atoms with van der Waals surface area (Å²) in [5.74, 6) is -0.259. The van der Waals surface area contributed by atoms with Gasteiger partial charge in [-0.15, -0.1) is 0 Å². The summed E-state index contributed by atoms with van der Waals surface area (Å²) in [7, 11) is 0. The fourth-order valence-corrected chi connectivity index (χ4v) is 2.57. The lowest BCUT2D eigenvalue weighted by Gasteiger charge is -2.12. The lowest BCUT2D eigenvalue weighted by atomic mass is 10.0. The van der Waals surface area contributed by atoms with Gasteiger partial charge in [0.1, 0.15) is 12.4 Å². The average molecular weight is 318 g/mol. The fraction of sp³-hybridized carbons (Fsp3) is 0.0952. The molecule has 0 bridgehead atoms. The first-order chi connectivity index (χ1) is 11.7. The average Bonchev–Trinajstić information content (AvgIpc) is 2.62. The molecule has 0 saturated carbocycles. The number of aliphatic carboxylic acids is 1. The van der Waals surface area contributed by atoms with Crippen molar-refractivity contribution < 1.29 is 14.6 Å². The van der Waals surface area contributed by atoms with Crippen LogP contribution in [-0.2, 0) is 17.8 Å². The Morgan fingerprint density at radius 1 is 0.833 bits per heavy atom. The van der Waals surface area contributed by atoms with Crippen LogP contribution in [0.3, 0.4) is 0 Å². The number of rotatable bonds is 6. The minimum absolute atomic E-state index is 0.0647. The first kappa shape index (κ1) is 15.8. The number of hydrogen-bond acceptors (Lipinski definition) is 2. The Kier molecular flexibility index (Phi) is 4.92. The highest BCUT2D eigenvalue weighted by molar-refractivity contribution is 5.74. The van der Waals surface area contributed by atoms with Crippen molar-refractivity contribution in [1.29, 1.82) is 0 Å². The van der Waals surface area contributed by atoms with Gasteiger partial charge in [-0.2, -0.15) is 0 Å². The molecule has 0 saturated heterocycles. The van der Waals surface area contributed by atoms with Crippen molar-refractivity contribution in [3.8, 4) is 16.9 Å². The van der Waals surface area contributed by atoms with Gasteiger partial charge in [-0.25, -0.2) is 0 Å². The van der Waals surface area contributed by atoms with Gasteiger partial charge in [0.25, 0.3) is 0 Å². The monoisotopic (exact) mass is 318 g/mol. The molecular weight excluding hydrogens is 300 g/mol. The van der Waals surface area contributed by atoms with Gasteiger partial charge in [0.2, 0.25) is 0 Å². The topological polar surface area (TPSA) is 46.5 Å². The second-order valence-corrected chi connectivity index (χ2v) is 5.53. The van der Waals surface area contributed by atoms with E-state index in [1.165, 1.54) is 0 Å². The number of ether oxygens (including phenoxy) is 1. The van der Waals surface area contributed by atoms with E-state index in [9.17, 15) is 9.90 Å². The first-order valence-electron chi connectivity index (χ1n) is 7.79. The zero-order valence-electron chi connectivity index (χ0n) is 13.2. The standard InChI is InChI=1S/C21H18O3/c22-21(23)14-19-13-18(17-9-5-2-6-10-17)11-12-20(19)24-15-16-7-3-1-4-8-16/h1-13H,14-15H2,(H,22,23). The summed E-state index contributed by atoms with van der Waals surface area (Å²) in [6.07, 6.45) is -0.0647. The Labute approximate surface area is 141 Å². The van der Waals surface area contributed by atoms with Crippen molar-refractivity contribution in [2.45, 2.75) is 13.0 Å². The Bertz CT molecular complexity index is 811. The van der Waals surface area contributed by atoms with Crippen molar-refractivity contribution in [1.82, 2.24) is 0 Å². The van der Waals surface area contributed by atoms with Crippen LogP contribution in [0.2, 0.25) is 0 Å². The van der Waals surface area contributed by atoms with E-state index in [1.54, 1.807) is 0 Å². The maximum absolute atomic E-state index is 11.2. The SMILES string of the molecule is O=C(O)Cc1cc(-c2ccccc2)ccc1OCc1ccccc1. The van der Waals surface area contributed by atoms with Crippen LogP contribution in [0.15, 0.2) is 78.9 Å². The van der Waals surface area contributed by atoms with Crippen LogP contribution in [0, 0.1) is 0 Å². The molecule has 0 spiro atoms. The summed E-state index contributed by atoms with van der Waals surface area (Å²) in [5, 5.41) is 9.18. The Balaban J connectivity index is 1.86. The van der Waals surface area contributed by atoms with E-state index in [-0.39, 0.29) is 6.42 Å². The largest absolute Gasteiger partial charge is 0.489 e. The summed E-state index contributed by atoms with van der Waals surface area (Å²) in [5.41, 5.74) is 3.77. The highest BCUT2D eigenvalue weighted by Gasteiger charge is 2.10. The van der Waals surface area contributed by atoms with Gasteiger partial charge in [-0.05, 0) is 28.8 Å². The van der Waals surface area contributed by atoms with Crippen LogP contribution in [0.25, 0.3) is 11.1 Å². The van der Waals surface area contributed by atoms with Crippen LogP contribution < -0.4 is 4.74 Å². The maximum atomic E-state index is 11.2. The number of carboxylic acid groups (broad SMARTS) is 1. The Morgan fingerprint density at radius 3 is 2.17 bits per heavy atom. The predicted octanol–water partition coefficient (Wildman–Crippen LogP) is 4.56. The summed E-state index contributed by atoms with van der Waals surface area (Å²) in [6.45, 7) is 0.415. The highest BCUT2D eigenvalue weighted by atomic mass is 16.5. The second-order valence-electron chi connectivity index (χ2n) is 5.53. The molecule has 3 heteroatoms. The summed E-state index contributed by atoms with van der Waals surface area (Å²) in [6, 6.07) is 25.4. The molecule has 0 aliphatic rings. The Hall–Kier alpha value is -3.07. The normalized spacial score (nSPS) is 10.3. The third-order valence-electron chi connectivity index (χ3n) is 3.75. The third-order valence-corrected chi connectivity index (χ3v) is 3.75. The van der Waals surface area contributed by atoms with Crippen molar-refractivity contribution in [2.24, 2.45) is 0 Å². The van der Waals surface area contributed by atoms with Crippen LogP contribution >= 0.6 is 0 Å². The minimum Gasteiger partial charge on any atom is -0.489 e. The van der Waals surface area contributed by atoms with Gasteiger partial charge >= 0.3 is 5.97 Å². The number of hydrogen-bond donors (Lipinski definition) is 1. The molecule has 0 heterocycles. The second kappa shape index (κ2) is 7.47. The van der Waals surface area contributed by atoms with E-state index in [0.717, 1.165) is 16.7 Å². The van der Waals surface area contributed by atoms with Crippen molar-refractivity contribution >= 4 is 5.97 Å². The molecule has 0 aliphatic carbocycles. The zero-order valence-corrected chi connectivity index (χ0v) is 13.2. The van der Waals surface area contributed by atoms with E-state index in [2.05, 4.69) is 0 Å². The lowest BCUT2D eigenvalue weighted by Crippen LogP contribution is -2.04. The molecule has 0 atom stereocenters. The van der Waals surface area contributed by atoms with Crippen LogP contribution in [0.4, 0.5) is 0 Å². The molecule has 0 aromatic heterocycles. The molecule has 0 fully saturated rings. The minimum atomic E-state index is -0.871. The van der Waals surface area contributed by atoms with Gasteiger partial charge < -0.3 is 9.84 Å². The maximum Gasteiger partial charge on any atom is 0.307 e. The van der Waals surface area contributed by atoms with Gasteiger partial charge in [-0.3, -0.25) is 4.79 Å². The van der Waals surface area contributed by atoms with Crippen LogP contribution in [0.1, 0.15) is 11.1 Å². The molecular formula is C21H18O3. The van der Waals surface area contributed by atoms with E-state index in [4.69, 9.17) is 4.74 Å². The molecule has 0 unspecified atom stereocenters. The molecule has 24 heavy (non-hydrogen) atoms. The summed E-state index contributed by atoms with van der Waals surface area (Å²) >= 11 is 0. The van der Waals surface area contributed by atoms with E-state index in [0.29, 0.717) is 17.9 Å². The van der Waals surface area contributed by atoms with Gasteiger partial charge in [-0.1, -0.05) is 66.7 Å². The van der Waals surface area contributed by atoms with Crippen molar-refractivity contribution in [3.05, 3.63) is 90.0 Å². The molecule has 3 nitrogen and oxygen atoms in total. The molecule has 0 aliphatic heterocycles. The third kappa shape index (κ3) is 4.02. The molecule has 3 rings (SSSR count). The molecule has 1 N–H and O–H groups in total. The lowest BCUT2D eigenvalue weighted by molar-refractivity contribution is -0.136. The van der Waals surface area contributed by atoms with Crippen molar-refractivity contribution in [3.63, 3.8) is 0 Å². The fourth-order valence-electron chi connectivity index (χ4n) is 2.57. The van der Waals surface area contributed by atoms with Crippen molar-refractivity contribution in [2.75, 3.05) is 0 Å². The highest BCUT2D eigenvalue weighted by Crippen LogP contribution is 2.28. The van der Waals surface area contributed by atoms with Crippen LogP contribution in [0.5, 0.6) is 5.75 Å². The number of carboxylic acids is 1. The van der Waals surface area contributed by atoms with E-state index in [1.807, 2.05) is 78.9 Å². The molecule has 3 aromatic carbocycles. The molecule has 0 radical (unpaired) electrons. The molecule has 0 amide bonds. The summed E-state index contributed by atoms with van der Waals surface area (Å²) < 4.78 is 5.85. The van der Waals surface area contributed by atoms with Crippen LogP contribution in [-0.4, -0.2) is 11.1 Å². The Morgan fingerprint density at radius 2 is 1.50 bits per heavy atom. The predicted molar refractivity (Wildman–Crippen MR) is 94.0 cm³/mol. The first-order valence-corrected chi connectivity index (χ1v) is 7.79. The zero-order chi connectivity index (χ0) is 16.8. The number of carbonyl (C=O) groups is 1.